The summed E-state index contributed by atoms with van der Waals surface area (Å²) in [5.74, 6) is -0.251. The zero-order valence-corrected chi connectivity index (χ0v) is 16.4. The topological polar surface area (TPSA) is 59.6 Å². The van der Waals surface area contributed by atoms with Crippen molar-refractivity contribution < 1.29 is 4.79 Å². The molecule has 6 heteroatoms. The van der Waals surface area contributed by atoms with E-state index in [9.17, 15) is 9.59 Å². The molecule has 0 spiro atoms. The third-order valence-corrected chi connectivity index (χ3v) is 5.29. The lowest BCUT2D eigenvalue weighted by Gasteiger charge is -2.17. The van der Waals surface area contributed by atoms with Crippen LogP contribution in [0.1, 0.15) is 28.5 Å². The lowest BCUT2D eigenvalue weighted by Crippen LogP contribution is -2.26. The number of aryl methyl sites for hydroxylation is 3. The lowest BCUT2D eigenvalue weighted by molar-refractivity contribution is 0.0988. The Labute approximate surface area is 162 Å². The zero-order valence-electron chi connectivity index (χ0n) is 16.4. The molecule has 0 aliphatic carbocycles. The van der Waals surface area contributed by atoms with Crippen molar-refractivity contribution in [2.75, 3.05) is 11.9 Å². The normalized spacial score (nSPS) is 11.3. The van der Waals surface area contributed by atoms with Crippen molar-refractivity contribution in [2.45, 2.75) is 27.3 Å². The average Bonchev–Trinajstić information content (AvgIpc) is 3.15. The Morgan fingerprint density at radius 2 is 1.71 bits per heavy atom. The summed E-state index contributed by atoms with van der Waals surface area (Å²) < 4.78 is 3.28. The second-order valence-corrected chi connectivity index (χ2v) is 7.00. The van der Waals surface area contributed by atoms with E-state index in [1.54, 1.807) is 27.1 Å². The van der Waals surface area contributed by atoms with Crippen LogP contribution in [-0.4, -0.2) is 27.1 Å². The van der Waals surface area contributed by atoms with Crippen molar-refractivity contribution >= 4 is 28.1 Å². The number of fused-ring (bicyclic) bond motifs is 3. The molecule has 2 aromatic heterocycles. The molecule has 0 aliphatic rings. The van der Waals surface area contributed by atoms with Gasteiger partial charge in [0.15, 0.2) is 5.69 Å². The number of benzene rings is 2. The van der Waals surface area contributed by atoms with E-state index in [-0.39, 0.29) is 17.2 Å². The second kappa shape index (κ2) is 6.64. The molecule has 1 amide bonds. The molecule has 0 bridgehead atoms. The number of nitrogens with zero attached hydrogens (tertiary/aromatic N) is 4. The quantitative estimate of drug-likeness (QED) is 0.551. The molecule has 28 heavy (non-hydrogen) atoms. The first-order valence-electron chi connectivity index (χ1n) is 9.29. The van der Waals surface area contributed by atoms with Gasteiger partial charge in [0.2, 0.25) is 0 Å². The van der Waals surface area contributed by atoms with Crippen molar-refractivity contribution in [3.8, 4) is 0 Å². The molecule has 0 saturated carbocycles. The Kier molecular flexibility index (Phi) is 4.26. The molecule has 0 radical (unpaired) electrons. The fraction of sp³-hybridized carbons (Fsp3) is 0.227. The van der Waals surface area contributed by atoms with Crippen molar-refractivity contribution in [1.29, 1.82) is 0 Å². The fourth-order valence-corrected chi connectivity index (χ4v) is 3.48. The van der Waals surface area contributed by atoms with Crippen LogP contribution in [0.5, 0.6) is 0 Å². The maximum atomic E-state index is 13.1. The van der Waals surface area contributed by atoms with Gasteiger partial charge in [0.25, 0.3) is 11.5 Å². The molecule has 2 aromatic carbocycles. The summed E-state index contributed by atoms with van der Waals surface area (Å²) in [5, 5.41) is 4.48. The number of carbonyl (C=O) groups excluding carboxylic acids is 1. The van der Waals surface area contributed by atoms with E-state index in [0.29, 0.717) is 12.1 Å². The Bertz CT molecular complexity index is 1280. The molecule has 0 atom stereocenters. The van der Waals surface area contributed by atoms with E-state index < -0.39 is 0 Å². The maximum Gasteiger partial charge on any atom is 0.278 e. The smallest absolute Gasteiger partial charge is 0.278 e. The first-order valence-corrected chi connectivity index (χ1v) is 9.29. The number of amides is 1. The summed E-state index contributed by atoms with van der Waals surface area (Å²) >= 11 is 0. The highest BCUT2D eigenvalue weighted by Gasteiger charge is 2.20. The number of carbonyl (C=O) groups is 1. The standard InChI is InChI=1S/C22H22N4O2/c1-5-25-18-8-6-7-9-19(18)26-20(22(25)28)13-17(23-26)21(27)24(4)16-11-10-14(2)15(3)12-16/h6-13H,5H2,1-4H3. The van der Waals surface area contributed by atoms with E-state index in [2.05, 4.69) is 5.10 Å². The number of rotatable bonds is 3. The van der Waals surface area contributed by atoms with Gasteiger partial charge in [-0.1, -0.05) is 18.2 Å². The molecule has 0 aliphatic heterocycles. The molecule has 0 unspecified atom stereocenters. The van der Waals surface area contributed by atoms with Crippen LogP contribution in [0.4, 0.5) is 5.69 Å². The molecule has 4 rings (SSSR count). The van der Waals surface area contributed by atoms with Crippen LogP contribution in [0.25, 0.3) is 16.6 Å². The second-order valence-electron chi connectivity index (χ2n) is 7.00. The molecule has 4 aromatic rings. The van der Waals surface area contributed by atoms with Gasteiger partial charge in [-0.25, -0.2) is 4.52 Å². The number of para-hydroxylation sites is 2. The van der Waals surface area contributed by atoms with Gasteiger partial charge in [0.1, 0.15) is 5.52 Å². The van der Waals surface area contributed by atoms with Gasteiger partial charge in [-0.05, 0) is 56.2 Å². The summed E-state index contributed by atoms with van der Waals surface area (Å²) in [7, 11) is 1.72. The number of aromatic nitrogens is 3. The number of hydrogen-bond donors (Lipinski definition) is 0. The van der Waals surface area contributed by atoms with Crippen LogP contribution >= 0.6 is 0 Å². The minimum atomic E-state index is -0.251. The van der Waals surface area contributed by atoms with E-state index in [4.69, 9.17) is 0 Å². The molecule has 0 saturated heterocycles. The van der Waals surface area contributed by atoms with E-state index in [1.807, 2.05) is 63.2 Å². The van der Waals surface area contributed by atoms with Gasteiger partial charge in [-0.3, -0.25) is 9.59 Å². The largest absolute Gasteiger partial charge is 0.310 e. The monoisotopic (exact) mass is 374 g/mol. The molecule has 0 fully saturated rings. The van der Waals surface area contributed by atoms with E-state index in [0.717, 1.165) is 22.3 Å². The van der Waals surface area contributed by atoms with Crippen LogP contribution in [-0.2, 0) is 6.54 Å². The summed E-state index contributed by atoms with van der Waals surface area (Å²) in [4.78, 5) is 27.5. The molecule has 2 heterocycles. The average molecular weight is 374 g/mol. The highest BCUT2D eigenvalue weighted by atomic mass is 16.2. The van der Waals surface area contributed by atoms with Crippen molar-refractivity contribution in [3.63, 3.8) is 0 Å². The fourth-order valence-electron chi connectivity index (χ4n) is 3.48. The summed E-state index contributed by atoms with van der Waals surface area (Å²) in [6.07, 6.45) is 0. The van der Waals surface area contributed by atoms with Crippen LogP contribution in [0.2, 0.25) is 0 Å². The maximum absolute atomic E-state index is 13.1. The highest BCUT2D eigenvalue weighted by Crippen LogP contribution is 2.20. The van der Waals surface area contributed by atoms with Crippen molar-refractivity contribution in [2.24, 2.45) is 0 Å². The highest BCUT2D eigenvalue weighted by molar-refractivity contribution is 6.05. The van der Waals surface area contributed by atoms with E-state index >= 15 is 0 Å². The van der Waals surface area contributed by atoms with Crippen LogP contribution in [0.15, 0.2) is 53.3 Å². The summed E-state index contributed by atoms with van der Waals surface area (Å²) in [6, 6.07) is 15.1. The van der Waals surface area contributed by atoms with E-state index in [1.165, 1.54) is 5.56 Å². The van der Waals surface area contributed by atoms with Gasteiger partial charge in [0.05, 0.1) is 11.0 Å². The third-order valence-electron chi connectivity index (χ3n) is 5.29. The molecule has 6 nitrogen and oxygen atoms in total. The Balaban J connectivity index is 1.86. The lowest BCUT2D eigenvalue weighted by atomic mass is 10.1. The van der Waals surface area contributed by atoms with Crippen LogP contribution in [0.3, 0.4) is 0 Å². The van der Waals surface area contributed by atoms with Gasteiger partial charge < -0.3 is 9.47 Å². The predicted molar refractivity (Wildman–Crippen MR) is 111 cm³/mol. The Morgan fingerprint density at radius 3 is 2.39 bits per heavy atom. The first-order chi connectivity index (χ1) is 13.4. The Morgan fingerprint density at radius 1 is 1.00 bits per heavy atom. The third kappa shape index (κ3) is 2.69. The van der Waals surface area contributed by atoms with Crippen LogP contribution < -0.4 is 10.5 Å². The first kappa shape index (κ1) is 18.0. The summed E-state index contributed by atoms with van der Waals surface area (Å²) in [5.41, 5.74) is 5.17. The SMILES string of the molecule is CCn1c(=O)c2cc(C(=O)N(C)c3ccc(C)c(C)c3)nn2c2ccccc21. The molecule has 142 valence electrons. The molecular weight excluding hydrogens is 352 g/mol. The molecular formula is C22H22N4O2. The van der Waals surface area contributed by atoms with Gasteiger partial charge in [-0.2, -0.15) is 5.10 Å². The van der Waals surface area contributed by atoms with Gasteiger partial charge in [-0.15, -0.1) is 0 Å². The zero-order chi connectivity index (χ0) is 20.0. The van der Waals surface area contributed by atoms with Crippen molar-refractivity contribution in [1.82, 2.24) is 14.2 Å². The number of anilines is 1. The Hall–Kier alpha value is -3.41. The summed E-state index contributed by atoms with van der Waals surface area (Å²) in [6.45, 7) is 6.53. The van der Waals surface area contributed by atoms with Crippen molar-refractivity contribution in [3.05, 3.63) is 75.7 Å². The number of hydrogen-bond acceptors (Lipinski definition) is 3. The predicted octanol–water partition coefficient (Wildman–Crippen LogP) is 3.56. The minimum Gasteiger partial charge on any atom is -0.310 e. The minimum absolute atomic E-state index is 0.151. The van der Waals surface area contributed by atoms with Gasteiger partial charge >= 0.3 is 0 Å². The van der Waals surface area contributed by atoms with Crippen LogP contribution in [0, 0.1) is 13.8 Å². The molecule has 0 N–H and O–H groups in total. The van der Waals surface area contributed by atoms with Gasteiger partial charge in [0, 0.05) is 25.3 Å².